The van der Waals surface area contributed by atoms with Gasteiger partial charge in [-0.1, -0.05) is 78.1 Å². The van der Waals surface area contributed by atoms with Gasteiger partial charge in [0.1, 0.15) is 70.7 Å². The van der Waals surface area contributed by atoms with E-state index in [1.165, 1.54) is 4.90 Å². The molecule has 24 unspecified atom stereocenters. The van der Waals surface area contributed by atoms with Gasteiger partial charge in [0.15, 0.2) is 69.4 Å². The fourth-order valence-corrected chi connectivity index (χ4v) is 48.0. The van der Waals surface area contributed by atoms with Crippen LogP contribution >= 0.6 is 59.2 Å². The number of aliphatic hydroxyl groups is 1. The Morgan fingerprint density at radius 2 is 0.487 bits per heavy atom. The smallest absolute Gasteiger partial charge is 0.392 e. The first-order chi connectivity index (χ1) is 54.6. The van der Waals surface area contributed by atoms with Crippen molar-refractivity contribution in [3.8, 4) is 0 Å². The number of hydrogen-bond donors (Lipinski definition) is 1. The van der Waals surface area contributed by atoms with E-state index in [4.69, 9.17) is 108 Å². The molecule has 0 radical (unpaired) electrons. The second kappa shape index (κ2) is 28.5. The Bertz CT molecular complexity index is 4070. The van der Waals surface area contributed by atoms with Gasteiger partial charge in [-0.25, -0.2) is 0 Å². The van der Waals surface area contributed by atoms with Crippen LogP contribution in [0.15, 0.2) is 83.8 Å². The molecule has 0 aliphatic carbocycles. The highest BCUT2D eigenvalue weighted by atomic mass is 32.7. The standard InChI is InChI=1S/C28H40O8P2.C18H25O5P.C16H21O3PS.C12H18F3O4P.C11H19O4P/c1-21-15-25(5)34-22(2,31-21)16-26(6,33-21)37(25)29-13-19-11-9-10-12-20(19)14-30-38-27(7)17-23(3)32-24(4,36-27)18-28(38,8)35-23;1-15-11-17(3)23-16(2,21-15)12-18(4,22-15)24(17)20-10-14-8-6-5-7-13(14)9-19;1-13-10-15(3)19-14(2,17-13)11-16(4,18-13)20(15)21-12-8-6-5-7-9-12;1-8-5-10(3)19-9(2,17-8)6-11(4,18-8)20(10)16-7-12(13,14)15;1-8-6-10(3)15-9(2,13-8)7-11(4,14-8)16(10)12-5/h9-12H,13-18H2,1-8H3;5-8,19H,9-12H2,1-4H3;5-9H,10-11H2,1-4H3;5-7H2,1-4H3;6-7H2,1-5H3. The van der Waals surface area contributed by atoms with Crippen molar-refractivity contribution < 1.29 is 126 Å². The van der Waals surface area contributed by atoms with Crippen LogP contribution in [0.4, 0.5) is 13.2 Å². The predicted octanol–water partition coefficient (Wildman–Crippen LogP) is 22.2. The van der Waals surface area contributed by atoms with Crippen LogP contribution in [-0.2, 0) is 134 Å². The monoisotopic (exact) mass is 1800 g/mol. The summed E-state index contributed by atoms with van der Waals surface area (Å²) in [6.45, 7) is 49.2. The van der Waals surface area contributed by atoms with Gasteiger partial charge in [-0.2, -0.15) is 13.2 Å². The average Bonchev–Trinajstić information content (AvgIpc) is 0.719. The Hall–Kier alpha value is -0.580. The largest absolute Gasteiger partial charge is 0.412 e. The highest BCUT2D eigenvalue weighted by Crippen LogP contribution is 2.85. The van der Waals surface area contributed by atoms with E-state index >= 15 is 0 Å². The van der Waals surface area contributed by atoms with E-state index in [9.17, 15) is 18.3 Å². The molecule has 34 heteroatoms. The number of hydrogen-bond acceptors (Lipinski definition) is 25. The highest BCUT2D eigenvalue weighted by Gasteiger charge is 2.79. The summed E-state index contributed by atoms with van der Waals surface area (Å²) in [6, 6.07) is 26.8. The van der Waals surface area contributed by atoms with Gasteiger partial charge < -0.3 is 113 Å². The molecule has 24 nitrogen and oxygen atoms in total. The first-order valence-electron chi connectivity index (χ1n) is 41.6. The first kappa shape index (κ1) is 90.4. The molecule has 3 aromatic rings. The molecule has 0 saturated carbocycles. The molecule has 119 heavy (non-hydrogen) atoms. The van der Waals surface area contributed by atoms with Crippen LogP contribution in [0.3, 0.4) is 0 Å². The summed E-state index contributed by atoms with van der Waals surface area (Å²) in [6.07, 6.45) is 3.43. The van der Waals surface area contributed by atoms with Gasteiger partial charge in [0, 0.05) is 96.2 Å². The van der Waals surface area contributed by atoms with Gasteiger partial charge in [0.05, 0.1) is 67.2 Å². The average molecular weight is 1800 g/mol. The maximum atomic E-state index is 12.5. The van der Waals surface area contributed by atoms with Crippen molar-refractivity contribution in [2.75, 3.05) is 13.7 Å². The summed E-state index contributed by atoms with van der Waals surface area (Å²) < 4.78 is 180. The van der Waals surface area contributed by atoms with Gasteiger partial charge in [0.2, 0.25) is 0 Å². The summed E-state index contributed by atoms with van der Waals surface area (Å²) in [7, 11) is -4.13. The third kappa shape index (κ3) is 16.2. The quantitative estimate of drug-likeness (QED) is 0.139. The Morgan fingerprint density at radius 3 is 0.723 bits per heavy atom. The predicted molar refractivity (Wildman–Crippen MR) is 443 cm³/mol. The van der Waals surface area contributed by atoms with Crippen LogP contribution in [0.5, 0.6) is 0 Å². The molecule has 0 spiro atoms. The van der Waals surface area contributed by atoms with Crippen molar-refractivity contribution in [3.63, 3.8) is 0 Å². The molecule has 24 heterocycles. The molecule has 0 amide bonds. The minimum Gasteiger partial charge on any atom is -0.392 e. The Kier molecular flexibility index (Phi) is 21.6. The van der Waals surface area contributed by atoms with Gasteiger partial charge in [-0.3, -0.25) is 0 Å². The summed E-state index contributed by atoms with van der Waals surface area (Å²) in [5, 5.41) is 4.62. The lowest BCUT2D eigenvalue weighted by Gasteiger charge is -2.69. The van der Waals surface area contributed by atoms with Gasteiger partial charge >= 0.3 is 6.18 Å². The van der Waals surface area contributed by atoms with Crippen LogP contribution in [0.1, 0.15) is 265 Å². The van der Waals surface area contributed by atoms with E-state index in [2.05, 4.69) is 138 Å². The zero-order valence-electron chi connectivity index (χ0n) is 73.6. The lowest BCUT2D eigenvalue weighted by atomic mass is 9.98. The SMILES string of the molecule is CC12CC3(C)OC(C)(CC(C)(O1)P3OCC(F)(F)F)O2.CC12CC3(C)OC(C)(CC(C)(O1)P3OCc1ccccc1CO)O2.CC12CC3(C)OC(C)(CC(C)(O1)P3OCc1ccccc1COP1C3(C)CC4(C)OC(C)(CC1(C)O4)O3)O2.CC12CC3(C)OC(C)(CC(C)(O1)P3Sc1ccccc1)O2.COP1C2(C)CC3(C)OC(C)(CC1(C)O3)O2. The molecular weight excluding hydrogens is 1680 g/mol. The van der Waals surface area contributed by atoms with Crippen LogP contribution < -0.4 is 0 Å². The maximum absolute atomic E-state index is 12.5. The molecular formula is C85H123F3O24P6S. The number of benzene rings is 3. The third-order valence-corrected chi connectivity index (χ3v) is 45.1. The lowest BCUT2D eigenvalue weighted by molar-refractivity contribution is -0.471. The molecule has 24 atom stereocenters. The van der Waals surface area contributed by atoms with Crippen LogP contribution in [0.25, 0.3) is 0 Å². The van der Waals surface area contributed by atoms with Crippen LogP contribution in [-0.4, -0.2) is 159 Å². The summed E-state index contributed by atoms with van der Waals surface area (Å²) >= 11 is 1.93. The fraction of sp³-hybridized carbons (Fsp3) is 0.788. The second-order valence-electron chi connectivity index (χ2n) is 40.4. The van der Waals surface area contributed by atoms with E-state index in [-0.39, 0.29) is 28.0 Å². The van der Waals surface area contributed by atoms with Crippen molar-refractivity contribution in [3.05, 3.63) is 101 Å². The number of halogens is 3. The Labute approximate surface area is 710 Å². The van der Waals surface area contributed by atoms with E-state index in [0.29, 0.717) is 71.2 Å². The van der Waals surface area contributed by atoms with Crippen molar-refractivity contribution in [1.82, 2.24) is 0 Å². The molecule has 24 fully saturated rings. The van der Waals surface area contributed by atoms with E-state index in [1.807, 2.05) is 91.0 Å². The van der Waals surface area contributed by atoms with Gasteiger partial charge in [-0.05, 0) is 201 Å². The highest BCUT2D eigenvalue weighted by molar-refractivity contribution is 8.56. The van der Waals surface area contributed by atoms with E-state index < -0.39 is 173 Å². The van der Waals surface area contributed by atoms with E-state index in [1.54, 1.807) is 34.8 Å². The topological polar surface area (TPSA) is 233 Å². The third-order valence-electron chi connectivity index (χ3n) is 25.7. The normalized spacial score (nSPS) is 54.1. The molecule has 24 saturated heterocycles. The number of alkyl halides is 3. The minimum absolute atomic E-state index is 0.0168. The zero-order chi connectivity index (χ0) is 86.0. The number of rotatable bonds is 15. The van der Waals surface area contributed by atoms with Crippen molar-refractivity contribution in [2.45, 2.75) is 414 Å². The molecule has 0 aromatic heterocycles. The van der Waals surface area contributed by atoms with Crippen molar-refractivity contribution in [2.24, 2.45) is 0 Å². The Balaban J connectivity index is 0.000000110. The molecule has 24 aliphatic heterocycles. The molecule has 24 bridgehead atoms. The van der Waals surface area contributed by atoms with E-state index in [0.717, 1.165) is 47.9 Å². The zero-order valence-corrected chi connectivity index (χ0v) is 79.8. The summed E-state index contributed by atoms with van der Waals surface area (Å²) in [4.78, 5) is 1.29. The van der Waals surface area contributed by atoms with Gasteiger partial charge in [0.25, 0.3) is 0 Å². The van der Waals surface area contributed by atoms with Crippen LogP contribution in [0, 0.1) is 0 Å². The Morgan fingerprint density at radius 1 is 0.286 bits per heavy atom. The van der Waals surface area contributed by atoms with Crippen LogP contribution in [0.2, 0.25) is 0 Å². The van der Waals surface area contributed by atoms with Crippen molar-refractivity contribution >= 4 is 59.2 Å². The minimum atomic E-state index is -4.35. The second-order valence-corrected chi connectivity index (χ2v) is 59.0. The number of ether oxygens (including phenoxy) is 18. The van der Waals surface area contributed by atoms with Crippen molar-refractivity contribution in [1.29, 1.82) is 0 Å². The number of aliphatic hydroxyl groups excluding tert-OH is 1. The fourth-order valence-electron chi connectivity index (χ4n) is 25.9. The molecule has 3 aromatic carbocycles. The maximum Gasteiger partial charge on any atom is 0.412 e. The summed E-state index contributed by atoms with van der Waals surface area (Å²) in [5.41, 5.74) is 4.14. The molecule has 664 valence electrons. The lowest BCUT2D eigenvalue weighted by Crippen LogP contribution is -2.71. The molecule has 27 rings (SSSR count). The van der Waals surface area contributed by atoms with Gasteiger partial charge in [-0.15, -0.1) is 0 Å². The first-order valence-corrected chi connectivity index (χ1v) is 50.7. The molecule has 1 N–H and O–H groups in total. The molecule has 24 aliphatic rings. The summed E-state index contributed by atoms with van der Waals surface area (Å²) in [5.74, 6) is -7.49.